The molecule has 1 aliphatic heterocycles. The molecule has 0 spiro atoms. The molecule has 0 aliphatic carbocycles. The monoisotopic (exact) mass is 365 g/mol. The smallest absolute Gasteiger partial charge is 0.254 e. The standard InChI is InChI=1S/C17H23N3O4S/c1-2-3-11-25(22,23)20-8-4-7-19(9-10-20)17(21)14-5-6-15-16(12-14)24-13-18-15/h5-6,12-13H,2-4,7-11H2,1H3. The molecular weight excluding hydrogens is 342 g/mol. The molecule has 0 N–H and O–H groups in total. The zero-order valence-electron chi connectivity index (χ0n) is 14.3. The Labute approximate surface area is 147 Å². The summed E-state index contributed by atoms with van der Waals surface area (Å²) in [6.07, 6.45) is 3.51. The van der Waals surface area contributed by atoms with Crippen molar-refractivity contribution in [3.05, 3.63) is 30.2 Å². The topological polar surface area (TPSA) is 83.7 Å². The summed E-state index contributed by atoms with van der Waals surface area (Å²) in [7, 11) is -3.23. The fourth-order valence-electron chi connectivity index (χ4n) is 3.00. The zero-order valence-corrected chi connectivity index (χ0v) is 15.2. The Morgan fingerprint density at radius 1 is 1.24 bits per heavy atom. The minimum Gasteiger partial charge on any atom is -0.443 e. The number of unbranched alkanes of at least 4 members (excludes halogenated alkanes) is 1. The highest BCUT2D eigenvalue weighted by Gasteiger charge is 2.26. The van der Waals surface area contributed by atoms with Gasteiger partial charge in [0.05, 0.1) is 5.75 Å². The molecule has 1 aromatic carbocycles. The van der Waals surface area contributed by atoms with Gasteiger partial charge in [0.15, 0.2) is 12.0 Å². The minimum atomic E-state index is -3.23. The van der Waals surface area contributed by atoms with Gasteiger partial charge in [-0.25, -0.2) is 17.7 Å². The molecule has 1 fully saturated rings. The molecule has 3 rings (SSSR count). The van der Waals surface area contributed by atoms with E-state index in [1.807, 2.05) is 6.92 Å². The van der Waals surface area contributed by atoms with Crippen molar-refractivity contribution in [2.75, 3.05) is 31.9 Å². The van der Waals surface area contributed by atoms with Crippen molar-refractivity contribution in [2.45, 2.75) is 26.2 Å². The Bertz CT molecular complexity index is 846. The van der Waals surface area contributed by atoms with Crippen molar-refractivity contribution >= 4 is 27.0 Å². The van der Waals surface area contributed by atoms with Crippen LogP contribution in [0.5, 0.6) is 0 Å². The number of carbonyl (C=O) groups is 1. The first kappa shape index (κ1) is 17.9. The lowest BCUT2D eigenvalue weighted by atomic mass is 10.1. The number of hydrogen-bond donors (Lipinski definition) is 0. The van der Waals surface area contributed by atoms with Gasteiger partial charge >= 0.3 is 0 Å². The van der Waals surface area contributed by atoms with Crippen molar-refractivity contribution in [3.8, 4) is 0 Å². The SMILES string of the molecule is CCCCS(=O)(=O)N1CCCN(C(=O)c2ccc3ncoc3c2)CC1. The molecule has 25 heavy (non-hydrogen) atoms. The first-order valence-electron chi connectivity index (χ1n) is 8.61. The van der Waals surface area contributed by atoms with Crippen LogP contribution >= 0.6 is 0 Å². The van der Waals surface area contributed by atoms with E-state index in [4.69, 9.17) is 4.42 Å². The first-order valence-corrected chi connectivity index (χ1v) is 10.2. The van der Waals surface area contributed by atoms with Crippen LogP contribution in [-0.4, -0.2) is 60.4 Å². The van der Waals surface area contributed by atoms with Crippen molar-refractivity contribution in [1.29, 1.82) is 0 Å². The molecule has 8 heteroatoms. The number of sulfonamides is 1. The van der Waals surface area contributed by atoms with Crippen LogP contribution in [0.15, 0.2) is 29.0 Å². The highest BCUT2D eigenvalue weighted by atomic mass is 32.2. The lowest BCUT2D eigenvalue weighted by molar-refractivity contribution is 0.0764. The number of nitrogens with zero attached hydrogens (tertiary/aromatic N) is 3. The molecule has 1 amide bonds. The molecule has 136 valence electrons. The largest absolute Gasteiger partial charge is 0.443 e. The molecule has 1 aromatic heterocycles. The Morgan fingerprint density at radius 2 is 2.08 bits per heavy atom. The normalized spacial score (nSPS) is 16.9. The summed E-state index contributed by atoms with van der Waals surface area (Å²) >= 11 is 0. The average Bonchev–Trinajstić information content (AvgIpc) is 2.93. The number of oxazole rings is 1. The summed E-state index contributed by atoms with van der Waals surface area (Å²) < 4.78 is 31.5. The summed E-state index contributed by atoms with van der Waals surface area (Å²) in [6.45, 7) is 3.74. The van der Waals surface area contributed by atoms with Gasteiger partial charge in [-0.3, -0.25) is 4.79 Å². The second-order valence-electron chi connectivity index (χ2n) is 6.25. The molecule has 0 unspecified atom stereocenters. The van der Waals surface area contributed by atoms with Crippen molar-refractivity contribution in [3.63, 3.8) is 0 Å². The Kier molecular flexibility index (Phi) is 5.39. The van der Waals surface area contributed by atoms with Crippen LogP contribution in [0.4, 0.5) is 0 Å². The summed E-state index contributed by atoms with van der Waals surface area (Å²) in [6, 6.07) is 5.17. The predicted molar refractivity (Wildman–Crippen MR) is 94.8 cm³/mol. The van der Waals surface area contributed by atoms with E-state index < -0.39 is 10.0 Å². The fraction of sp³-hybridized carbons (Fsp3) is 0.529. The van der Waals surface area contributed by atoms with Gasteiger partial charge in [-0.2, -0.15) is 0 Å². The molecule has 0 saturated carbocycles. The summed E-state index contributed by atoms with van der Waals surface area (Å²) in [4.78, 5) is 18.5. The number of fused-ring (bicyclic) bond motifs is 1. The molecule has 1 aliphatic rings. The maximum atomic E-state index is 12.7. The van der Waals surface area contributed by atoms with Crippen molar-refractivity contribution in [2.24, 2.45) is 0 Å². The molecule has 0 atom stereocenters. The van der Waals surface area contributed by atoms with Gasteiger partial charge in [-0.1, -0.05) is 13.3 Å². The van der Waals surface area contributed by atoms with E-state index >= 15 is 0 Å². The molecule has 0 radical (unpaired) electrons. The highest BCUT2D eigenvalue weighted by Crippen LogP contribution is 2.17. The van der Waals surface area contributed by atoms with Gasteiger partial charge in [0.25, 0.3) is 5.91 Å². The van der Waals surface area contributed by atoms with Crippen LogP contribution in [0.3, 0.4) is 0 Å². The third-order valence-corrected chi connectivity index (χ3v) is 6.43. The average molecular weight is 365 g/mol. The van der Waals surface area contributed by atoms with E-state index in [2.05, 4.69) is 4.98 Å². The van der Waals surface area contributed by atoms with E-state index in [0.717, 1.165) is 6.42 Å². The third-order valence-electron chi connectivity index (χ3n) is 4.47. The summed E-state index contributed by atoms with van der Waals surface area (Å²) in [5, 5.41) is 0. The Morgan fingerprint density at radius 3 is 2.88 bits per heavy atom. The zero-order chi connectivity index (χ0) is 17.9. The first-order chi connectivity index (χ1) is 12.0. The third kappa shape index (κ3) is 4.01. The van der Waals surface area contributed by atoms with E-state index in [-0.39, 0.29) is 11.7 Å². The van der Waals surface area contributed by atoms with Crippen molar-refractivity contribution in [1.82, 2.24) is 14.2 Å². The van der Waals surface area contributed by atoms with Gasteiger partial charge in [-0.05, 0) is 31.0 Å². The van der Waals surface area contributed by atoms with Gasteiger partial charge in [0.2, 0.25) is 10.0 Å². The quantitative estimate of drug-likeness (QED) is 0.810. The van der Waals surface area contributed by atoms with E-state index in [0.29, 0.717) is 55.7 Å². The molecule has 0 bridgehead atoms. The lowest BCUT2D eigenvalue weighted by Crippen LogP contribution is -2.38. The molecule has 1 saturated heterocycles. The van der Waals surface area contributed by atoms with Gasteiger partial charge < -0.3 is 9.32 Å². The molecular formula is C17H23N3O4S. The molecule has 2 aromatic rings. The number of amides is 1. The van der Waals surface area contributed by atoms with Crippen LogP contribution in [0.2, 0.25) is 0 Å². The molecule has 2 heterocycles. The number of hydrogen-bond acceptors (Lipinski definition) is 5. The number of carbonyl (C=O) groups excluding carboxylic acids is 1. The number of aromatic nitrogens is 1. The number of benzene rings is 1. The van der Waals surface area contributed by atoms with Crippen molar-refractivity contribution < 1.29 is 17.6 Å². The van der Waals surface area contributed by atoms with Crippen LogP contribution in [-0.2, 0) is 10.0 Å². The van der Waals surface area contributed by atoms with Crippen LogP contribution in [0.1, 0.15) is 36.5 Å². The van der Waals surface area contributed by atoms with Gasteiger partial charge in [0, 0.05) is 31.7 Å². The maximum Gasteiger partial charge on any atom is 0.254 e. The summed E-state index contributed by atoms with van der Waals surface area (Å²) in [5.74, 6) is 0.0747. The van der Waals surface area contributed by atoms with Gasteiger partial charge in [0.1, 0.15) is 5.52 Å². The second kappa shape index (κ2) is 7.53. The minimum absolute atomic E-state index is 0.105. The van der Waals surface area contributed by atoms with Gasteiger partial charge in [-0.15, -0.1) is 0 Å². The second-order valence-corrected chi connectivity index (χ2v) is 8.34. The van der Waals surface area contributed by atoms with Crippen LogP contribution in [0, 0.1) is 0 Å². The van der Waals surface area contributed by atoms with E-state index in [1.54, 1.807) is 23.1 Å². The molecule has 7 nitrogen and oxygen atoms in total. The predicted octanol–water partition coefficient (Wildman–Crippen LogP) is 2.11. The Balaban J connectivity index is 1.69. The van der Waals surface area contributed by atoms with Crippen LogP contribution < -0.4 is 0 Å². The fourth-order valence-corrected chi connectivity index (χ4v) is 4.68. The maximum absolute atomic E-state index is 12.7. The van der Waals surface area contributed by atoms with Crippen LogP contribution in [0.25, 0.3) is 11.1 Å². The summed E-state index contributed by atoms with van der Waals surface area (Å²) in [5.41, 5.74) is 1.82. The van der Waals surface area contributed by atoms with E-state index in [1.165, 1.54) is 10.7 Å². The highest BCUT2D eigenvalue weighted by molar-refractivity contribution is 7.89. The number of rotatable bonds is 5. The lowest BCUT2D eigenvalue weighted by Gasteiger charge is -2.22. The Hall–Kier alpha value is -1.93. The van der Waals surface area contributed by atoms with E-state index in [9.17, 15) is 13.2 Å².